The van der Waals surface area contributed by atoms with Gasteiger partial charge >= 0.3 is 0 Å². The number of hydrogen-bond donors (Lipinski definition) is 0. The van der Waals surface area contributed by atoms with Gasteiger partial charge < -0.3 is 0 Å². The fraction of sp³-hybridized carbons (Fsp3) is 0.600. The standard InChI is InChI=1S/C15H23BF/c1-4-5-6-9-12-16-15(2,3)13-10-7-8-11-14(13)17/h7-8,10-11H,4-6,9,12H2,1-3H3. The van der Waals surface area contributed by atoms with Crippen LogP contribution < -0.4 is 0 Å². The fourth-order valence-corrected chi connectivity index (χ4v) is 2.13. The van der Waals surface area contributed by atoms with E-state index >= 15 is 0 Å². The van der Waals surface area contributed by atoms with E-state index in [4.69, 9.17) is 0 Å². The van der Waals surface area contributed by atoms with Gasteiger partial charge in [-0.3, -0.25) is 0 Å². The SMILES string of the molecule is CCCCCC[B]C(C)(C)c1ccccc1F. The highest BCUT2D eigenvalue weighted by molar-refractivity contribution is 6.39. The van der Waals surface area contributed by atoms with Crippen molar-refractivity contribution in [2.24, 2.45) is 0 Å². The maximum atomic E-state index is 13.7. The van der Waals surface area contributed by atoms with Crippen LogP contribution in [0.15, 0.2) is 24.3 Å². The van der Waals surface area contributed by atoms with Crippen LogP contribution in [0.2, 0.25) is 6.32 Å². The smallest absolute Gasteiger partial charge is 0.126 e. The molecule has 0 saturated carbocycles. The van der Waals surface area contributed by atoms with Crippen molar-refractivity contribution in [3.05, 3.63) is 35.6 Å². The van der Waals surface area contributed by atoms with Crippen molar-refractivity contribution in [2.75, 3.05) is 0 Å². The summed E-state index contributed by atoms with van der Waals surface area (Å²) in [5.41, 5.74) is 0.801. The maximum Gasteiger partial charge on any atom is 0.126 e. The van der Waals surface area contributed by atoms with E-state index in [0.29, 0.717) is 0 Å². The zero-order valence-electron chi connectivity index (χ0n) is 11.3. The van der Waals surface area contributed by atoms with E-state index in [2.05, 4.69) is 28.1 Å². The van der Waals surface area contributed by atoms with Crippen LogP contribution in [-0.2, 0) is 5.31 Å². The summed E-state index contributed by atoms with van der Waals surface area (Å²) in [7, 11) is 2.25. The van der Waals surface area contributed by atoms with Crippen LogP contribution in [0, 0.1) is 5.82 Å². The first-order chi connectivity index (χ1) is 8.08. The lowest BCUT2D eigenvalue weighted by atomic mass is 9.49. The minimum Gasteiger partial charge on any atom is -0.207 e. The fourth-order valence-electron chi connectivity index (χ4n) is 2.13. The largest absolute Gasteiger partial charge is 0.207 e. The van der Waals surface area contributed by atoms with Gasteiger partial charge in [-0.15, -0.1) is 0 Å². The average molecular weight is 233 g/mol. The van der Waals surface area contributed by atoms with E-state index in [0.717, 1.165) is 11.9 Å². The first-order valence-electron chi connectivity index (χ1n) is 6.67. The highest BCUT2D eigenvalue weighted by atomic mass is 19.1. The summed E-state index contributed by atoms with van der Waals surface area (Å²) in [4.78, 5) is 0. The molecule has 0 aromatic heterocycles. The zero-order valence-corrected chi connectivity index (χ0v) is 11.3. The van der Waals surface area contributed by atoms with E-state index < -0.39 is 0 Å². The third-order valence-electron chi connectivity index (χ3n) is 3.28. The Morgan fingerprint density at radius 1 is 1.12 bits per heavy atom. The Kier molecular flexibility index (Phi) is 5.74. The van der Waals surface area contributed by atoms with Gasteiger partial charge in [0, 0.05) is 0 Å². The van der Waals surface area contributed by atoms with E-state index in [1.807, 2.05) is 12.1 Å². The van der Waals surface area contributed by atoms with Crippen LogP contribution in [0.1, 0.15) is 52.0 Å². The molecule has 0 aliphatic carbocycles. The number of hydrogen-bond acceptors (Lipinski definition) is 0. The Labute approximate surface area is 106 Å². The summed E-state index contributed by atoms with van der Waals surface area (Å²) in [5, 5.41) is -0.169. The van der Waals surface area contributed by atoms with Crippen LogP contribution in [0.3, 0.4) is 0 Å². The molecule has 0 fully saturated rings. The van der Waals surface area contributed by atoms with Gasteiger partial charge in [-0.2, -0.15) is 0 Å². The highest BCUT2D eigenvalue weighted by Crippen LogP contribution is 2.26. The van der Waals surface area contributed by atoms with Gasteiger partial charge in [0.2, 0.25) is 0 Å². The Balaban J connectivity index is 2.48. The molecule has 0 atom stereocenters. The van der Waals surface area contributed by atoms with E-state index in [-0.39, 0.29) is 11.1 Å². The molecule has 93 valence electrons. The van der Waals surface area contributed by atoms with Crippen molar-refractivity contribution >= 4 is 7.28 Å². The first kappa shape index (κ1) is 14.3. The Morgan fingerprint density at radius 3 is 2.47 bits per heavy atom. The first-order valence-corrected chi connectivity index (χ1v) is 6.67. The lowest BCUT2D eigenvalue weighted by Crippen LogP contribution is -2.26. The molecule has 0 bridgehead atoms. The Bertz CT molecular complexity index is 333. The number of halogens is 1. The van der Waals surface area contributed by atoms with Crippen molar-refractivity contribution in [1.29, 1.82) is 0 Å². The van der Waals surface area contributed by atoms with Crippen LogP contribution in [0.5, 0.6) is 0 Å². The second kappa shape index (κ2) is 6.83. The van der Waals surface area contributed by atoms with E-state index in [1.54, 1.807) is 12.1 Å². The molecule has 0 N–H and O–H groups in total. The van der Waals surface area contributed by atoms with Crippen LogP contribution in [0.25, 0.3) is 0 Å². The molecule has 1 aromatic rings. The van der Waals surface area contributed by atoms with Crippen molar-refractivity contribution in [1.82, 2.24) is 0 Å². The Morgan fingerprint density at radius 2 is 1.82 bits per heavy atom. The number of rotatable bonds is 7. The molecule has 0 nitrogen and oxygen atoms in total. The number of benzene rings is 1. The molecule has 0 amide bonds. The average Bonchev–Trinajstić information content (AvgIpc) is 2.29. The van der Waals surface area contributed by atoms with E-state index in [1.165, 1.54) is 25.7 Å². The van der Waals surface area contributed by atoms with Gasteiger partial charge in [-0.05, 0) is 16.9 Å². The van der Waals surface area contributed by atoms with Crippen LogP contribution in [-0.4, -0.2) is 7.28 Å². The zero-order chi connectivity index (χ0) is 12.7. The van der Waals surface area contributed by atoms with Crippen LogP contribution in [0.4, 0.5) is 4.39 Å². The van der Waals surface area contributed by atoms with Crippen molar-refractivity contribution in [2.45, 2.75) is 58.1 Å². The van der Waals surface area contributed by atoms with Gasteiger partial charge in [0.05, 0.1) is 0 Å². The minimum absolute atomic E-state index is 0.0951. The second-order valence-electron chi connectivity index (χ2n) is 5.25. The third-order valence-corrected chi connectivity index (χ3v) is 3.28. The van der Waals surface area contributed by atoms with E-state index in [9.17, 15) is 4.39 Å². The summed E-state index contributed by atoms with van der Waals surface area (Å²) < 4.78 is 13.7. The van der Waals surface area contributed by atoms with Crippen LogP contribution >= 0.6 is 0 Å². The predicted octanol–water partition coefficient (Wildman–Crippen LogP) is 4.76. The molecular weight excluding hydrogens is 210 g/mol. The molecule has 0 spiro atoms. The van der Waals surface area contributed by atoms with Crippen molar-refractivity contribution in [3.63, 3.8) is 0 Å². The normalized spacial score (nSPS) is 11.5. The van der Waals surface area contributed by atoms with Gasteiger partial charge in [-0.25, -0.2) is 4.39 Å². The lowest BCUT2D eigenvalue weighted by Gasteiger charge is -2.25. The summed E-state index contributed by atoms with van der Waals surface area (Å²) in [6.07, 6.45) is 6.12. The summed E-state index contributed by atoms with van der Waals surface area (Å²) in [6.45, 7) is 6.39. The Hall–Kier alpha value is -0.785. The minimum atomic E-state index is -0.169. The van der Waals surface area contributed by atoms with Gasteiger partial charge in [0.1, 0.15) is 13.1 Å². The third kappa shape index (κ3) is 4.53. The molecule has 1 radical (unpaired) electrons. The molecule has 0 unspecified atom stereocenters. The quantitative estimate of drug-likeness (QED) is 0.470. The molecular formula is C15H23BF. The molecule has 17 heavy (non-hydrogen) atoms. The monoisotopic (exact) mass is 233 g/mol. The van der Waals surface area contributed by atoms with Gasteiger partial charge in [0.15, 0.2) is 0 Å². The maximum absolute atomic E-state index is 13.7. The number of unbranched alkanes of at least 4 members (excludes halogenated alkanes) is 3. The topological polar surface area (TPSA) is 0 Å². The molecule has 0 aliphatic heterocycles. The second-order valence-corrected chi connectivity index (χ2v) is 5.25. The van der Waals surface area contributed by atoms with Gasteiger partial charge in [-0.1, -0.05) is 71.0 Å². The highest BCUT2D eigenvalue weighted by Gasteiger charge is 2.23. The molecule has 1 aromatic carbocycles. The van der Waals surface area contributed by atoms with Crippen molar-refractivity contribution in [3.8, 4) is 0 Å². The van der Waals surface area contributed by atoms with Crippen molar-refractivity contribution < 1.29 is 4.39 Å². The predicted molar refractivity (Wildman–Crippen MR) is 74.1 cm³/mol. The molecule has 0 aliphatic rings. The molecule has 2 heteroatoms. The lowest BCUT2D eigenvalue weighted by molar-refractivity contribution is 0.579. The summed E-state index contributed by atoms with van der Waals surface area (Å²) >= 11 is 0. The molecule has 1 rings (SSSR count). The van der Waals surface area contributed by atoms with Gasteiger partial charge in [0.25, 0.3) is 0 Å². The molecule has 0 heterocycles. The molecule has 0 saturated heterocycles. The summed E-state index contributed by atoms with van der Waals surface area (Å²) in [5.74, 6) is -0.0951. The summed E-state index contributed by atoms with van der Waals surface area (Å²) in [6, 6.07) is 7.08.